The van der Waals surface area contributed by atoms with Crippen molar-refractivity contribution in [2.75, 3.05) is 0 Å². The van der Waals surface area contributed by atoms with Crippen LogP contribution in [0.3, 0.4) is 0 Å². The van der Waals surface area contributed by atoms with E-state index in [1.807, 2.05) is 6.07 Å². The molecule has 0 fully saturated rings. The number of rotatable bonds is 2. The molecule has 70 valence electrons. The minimum atomic E-state index is -0.680. The topological polar surface area (TPSA) is 20.2 Å². The summed E-state index contributed by atoms with van der Waals surface area (Å²) in [6, 6.07) is 5.38. The summed E-state index contributed by atoms with van der Waals surface area (Å²) in [5.74, 6) is 0. The highest BCUT2D eigenvalue weighted by molar-refractivity contribution is 9.10. The molecule has 0 saturated heterocycles. The molecular weight excluding hydrogens is 251 g/mol. The average molecular weight is 262 g/mol. The van der Waals surface area contributed by atoms with Gasteiger partial charge in [0, 0.05) is 15.1 Å². The Morgan fingerprint density at radius 2 is 2.23 bits per heavy atom. The van der Waals surface area contributed by atoms with Crippen molar-refractivity contribution in [1.82, 2.24) is 0 Å². The predicted molar refractivity (Wildman–Crippen MR) is 58.9 cm³/mol. The van der Waals surface area contributed by atoms with Crippen molar-refractivity contribution in [2.45, 2.75) is 13.0 Å². The van der Waals surface area contributed by atoms with Gasteiger partial charge in [0.15, 0.2) is 0 Å². The second kappa shape index (κ2) is 4.27. The molecule has 0 aliphatic rings. The molecule has 0 aromatic heterocycles. The molecule has 0 spiro atoms. The molecule has 1 aromatic rings. The molecule has 1 aromatic carbocycles. The zero-order chi connectivity index (χ0) is 10.0. The molecule has 0 aliphatic carbocycles. The van der Waals surface area contributed by atoms with Crippen LogP contribution < -0.4 is 0 Å². The maximum atomic E-state index is 9.67. The van der Waals surface area contributed by atoms with Crippen molar-refractivity contribution in [1.29, 1.82) is 0 Å². The van der Waals surface area contributed by atoms with E-state index in [0.717, 1.165) is 4.47 Å². The molecule has 0 bridgehead atoms. The summed E-state index contributed by atoms with van der Waals surface area (Å²) < 4.78 is 0.898. The van der Waals surface area contributed by atoms with Crippen LogP contribution in [0.1, 0.15) is 18.6 Å². The van der Waals surface area contributed by atoms with Gasteiger partial charge in [-0.05, 0) is 24.6 Å². The van der Waals surface area contributed by atoms with Gasteiger partial charge < -0.3 is 5.11 Å². The van der Waals surface area contributed by atoms with Gasteiger partial charge in [-0.25, -0.2) is 0 Å². The lowest BCUT2D eigenvalue weighted by Gasteiger charge is -2.12. The van der Waals surface area contributed by atoms with E-state index in [2.05, 4.69) is 22.5 Å². The lowest BCUT2D eigenvalue weighted by Crippen LogP contribution is -1.98. The van der Waals surface area contributed by atoms with Crippen molar-refractivity contribution in [3.8, 4) is 0 Å². The third-order valence-electron chi connectivity index (χ3n) is 1.72. The fourth-order valence-corrected chi connectivity index (χ4v) is 1.77. The van der Waals surface area contributed by atoms with Gasteiger partial charge in [0.25, 0.3) is 0 Å². The largest absolute Gasteiger partial charge is 0.384 e. The normalized spacial score (nSPS) is 12.6. The lowest BCUT2D eigenvalue weighted by molar-refractivity contribution is 0.216. The maximum Gasteiger partial charge on any atom is 0.101 e. The first-order chi connectivity index (χ1) is 6.02. The molecule has 1 N–H and O–H groups in total. The molecular formula is C10H10BrClO. The van der Waals surface area contributed by atoms with Gasteiger partial charge in [-0.2, -0.15) is 0 Å². The molecule has 1 rings (SSSR count). The van der Waals surface area contributed by atoms with Gasteiger partial charge in [-0.3, -0.25) is 0 Å². The van der Waals surface area contributed by atoms with Crippen LogP contribution >= 0.6 is 27.5 Å². The summed E-state index contributed by atoms with van der Waals surface area (Å²) in [4.78, 5) is 0. The molecule has 1 nitrogen and oxygen atoms in total. The van der Waals surface area contributed by atoms with Crippen LogP contribution in [0, 0.1) is 0 Å². The number of halogens is 2. The molecule has 3 heteroatoms. The fourth-order valence-electron chi connectivity index (χ4n) is 0.989. The second-order valence-electron chi connectivity index (χ2n) is 2.91. The van der Waals surface area contributed by atoms with Crippen LogP contribution in [0.25, 0.3) is 0 Å². The molecule has 13 heavy (non-hydrogen) atoms. The molecule has 1 unspecified atom stereocenters. The number of aliphatic hydroxyl groups is 1. The zero-order valence-corrected chi connectivity index (χ0v) is 9.56. The average Bonchev–Trinajstić information content (AvgIpc) is 2.03. The van der Waals surface area contributed by atoms with E-state index < -0.39 is 6.10 Å². The molecule has 0 saturated carbocycles. The second-order valence-corrected chi connectivity index (χ2v) is 4.24. The van der Waals surface area contributed by atoms with E-state index in [-0.39, 0.29) is 0 Å². The van der Waals surface area contributed by atoms with Gasteiger partial charge in [0.2, 0.25) is 0 Å². The van der Waals surface area contributed by atoms with Crippen molar-refractivity contribution in [3.63, 3.8) is 0 Å². The van der Waals surface area contributed by atoms with Crippen molar-refractivity contribution in [2.24, 2.45) is 0 Å². The van der Waals surface area contributed by atoms with Crippen molar-refractivity contribution >= 4 is 27.5 Å². The highest BCUT2D eigenvalue weighted by atomic mass is 79.9. The number of hydrogen-bond acceptors (Lipinski definition) is 1. The Morgan fingerprint density at radius 1 is 1.62 bits per heavy atom. The summed E-state index contributed by atoms with van der Waals surface area (Å²) in [6.45, 7) is 5.44. The standard InChI is InChI=1S/C10H10BrClO/c1-6(2)10(13)8-4-3-7(11)5-9(8)12/h3-5,10,13H,1H2,2H3. The van der Waals surface area contributed by atoms with Crippen LogP contribution in [-0.4, -0.2) is 5.11 Å². The van der Waals surface area contributed by atoms with Gasteiger partial charge in [-0.1, -0.05) is 40.2 Å². The Balaban J connectivity index is 3.08. The van der Waals surface area contributed by atoms with Crippen LogP contribution in [0.4, 0.5) is 0 Å². The molecule has 0 amide bonds. The Hall–Kier alpha value is -0.310. The van der Waals surface area contributed by atoms with Crippen molar-refractivity contribution in [3.05, 3.63) is 45.4 Å². The summed E-state index contributed by atoms with van der Waals surface area (Å²) in [6.07, 6.45) is -0.680. The summed E-state index contributed by atoms with van der Waals surface area (Å²) >= 11 is 9.23. The van der Waals surface area contributed by atoms with Crippen LogP contribution in [0.2, 0.25) is 5.02 Å². The van der Waals surface area contributed by atoms with Crippen molar-refractivity contribution < 1.29 is 5.11 Å². The number of hydrogen-bond donors (Lipinski definition) is 1. The summed E-state index contributed by atoms with van der Waals surface area (Å²) in [5, 5.41) is 10.2. The van der Waals surface area contributed by atoms with Gasteiger partial charge >= 0.3 is 0 Å². The van der Waals surface area contributed by atoms with E-state index in [1.54, 1.807) is 19.1 Å². The van der Waals surface area contributed by atoms with Crippen LogP contribution in [-0.2, 0) is 0 Å². The Labute approximate surface area is 91.2 Å². The lowest BCUT2D eigenvalue weighted by atomic mass is 10.0. The van der Waals surface area contributed by atoms with E-state index in [9.17, 15) is 5.11 Å². The summed E-state index contributed by atoms with van der Waals surface area (Å²) in [7, 11) is 0. The first-order valence-corrected chi connectivity index (χ1v) is 4.98. The third kappa shape index (κ3) is 2.56. The Kier molecular flexibility index (Phi) is 3.54. The predicted octanol–water partition coefficient (Wildman–Crippen LogP) is 3.71. The van der Waals surface area contributed by atoms with E-state index in [0.29, 0.717) is 16.2 Å². The summed E-state index contributed by atoms with van der Waals surface area (Å²) in [5.41, 5.74) is 1.38. The minimum absolute atomic E-state index is 0.546. The minimum Gasteiger partial charge on any atom is -0.384 e. The highest BCUT2D eigenvalue weighted by Crippen LogP contribution is 2.29. The molecule has 0 radical (unpaired) electrons. The smallest absolute Gasteiger partial charge is 0.101 e. The van der Waals surface area contributed by atoms with Crippen LogP contribution in [0.15, 0.2) is 34.8 Å². The monoisotopic (exact) mass is 260 g/mol. The maximum absolute atomic E-state index is 9.67. The van der Waals surface area contributed by atoms with Crippen LogP contribution in [0.5, 0.6) is 0 Å². The SMILES string of the molecule is C=C(C)C(O)c1ccc(Br)cc1Cl. The van der Waals surface area contributed by atoms with E-state index in [1.165, 1.54) is 0 Å². The van der Waals surface area contributed by atoms with Gasteiger partial charge in [0.1, 0.15) is 6.10 Å². The first-order valence-electron chi connectivity index (χ1n) is 3.81. The fraction of sp³-hybridized carbons (Fsp3) is 0.200. The zero-order valence-electron chi connectivity index (χ0n) is 7.22. The molecule has 0 aliphatic heterocycles. The Morgan fingerprint density at radius 3 is 2.69 bits per heavy atom. The van der Waals surface area contributed by atoms with Gasteiger partial charge in [-0.15, -0.1) is 0 Å². The van der Waals surface area contributed by atoms with E-state index in [4.69, 9.17) is 11.6 Å². The van der Waals surface area contributed by atoms with E-state index >= 15 is 0 Å². The Bertz CT molecular complexity index is 336. The highest BCUT2D eigenvalue weighted by Gasteiger charge is 2.11. The molecule has 1 atom stereocenters. The molecule has 0 heterocycles. The first kappa shape index (κ1) is 10.8. The number of benzene rings is 1. The third-order valence-corrected chi connectivity index (χ3v) is 2.54. The van der Waals surface area contributed by atoms with Gasteiger partial charge in [0.05, 0.1) is 0 Å². The quantitative estimate of drug-likeness (QED) is 0.805. The number of aliphatic hydroxyl groups excluding tert-OH is 1.